The number of halogens is 1. The van der Waals surface area contributed by atoms with Crippen LogP contribution in [0, 0.1) is 0 Å². The van der Waals surface area contributed by atoms with Gasteiger partial charge in [-0.1, -0.05) is 0 Å². The first kappa shape index (κ1) is 11.2. The molecule has 0 atom stereocenters. The van der Waals surface area contributed by atoms with Gasteiger partial charge in [-0.05, 0) is 0 Å². The summed E-state index contributed by atoms with van der Waals surface area (Å²) in [4.78, 5) is 0. The summed E-state index contributed by atoms with van der Waals surface area (Å²) in [6.07, 6.45) is 0. The number of likely N-dealkylation sites (N-methyl/N-ethyl adjacent to an activating group) is 1. The SMILES string of the molecule is C[N+](C)(C)CCN.[Br-]. The molecule has 0 amide bonds. The van der Waals surface area contributed by atoms with Crippen LogP contribution in [0.5, 0.6) is 0 Å². The number of hydrogen-bond donors (Lipinski definition) is 1. The fourth-order valence-electron chi connectivity index (χ4n) is 0.387. The second-order valence-corrected chi connectivity index (χ2v) is 2.80. The topological polar surface area (TPSA) is 26.0 Å². The molecule has 0 spiro atoms. The molecule has 2 nitrogen and oxygen atoms in total. The van der Waals surface area contributed by atoms with Crippen LogP contribution in [0.3, 0.4) is 0 Å². The van der Waals surface area contributed by atoms with Gasteiger partial charge in [0.05, 0.1) is 27.7 Å². The van der Waals surface area contributed by atoms with Crippen LogP contribution in [-0.2, 0) is 0 Å². The van der Waals surface area contributed by atoms with Crippen molar-refractivity contribution in [2.45, 2.75) is 0 Å². The normalized spacial score (nSPS) is 10.5. The predicted molar refractivity (Wildman–Crippen MR) is 32.0 cm³/mol. The van der Waals surface area contributed by atoms with Crippen molar-refractivity contribution in [2.24, 2.45) is 5.73 Å². The van der Waals surface area contributed by atoms with Crippen molar-refractivity contribution < 1.29 is 21.5 Å². The molecular formula is C5H15BrN2. The van der Waals surface area contributed by atoms with Crippen molar-refractivity contribution in [2.75, 3.05) is 34.2 Å². The quantitative estimate of drug-likeness (QED) is 0.445. The molecule has 8 heavy (non-hydrogen) atoms. The van der Waals surface area contributed by atoms with E-state index >= 15 is 0 Å². The van der Waals surface area contributed by atoms with Crippen molar-refractivity contribution in [1.29, 1.82) is 0 Å². The highest BCUT2D eigenvalue weighted by Gasteiger charge is 2.01. The molecule has 0 aromatic heterocycles. The van der Waals surface area contributed by atoms with Gasteiger partial charge in [0.15, 0.2) is 0 Å². The molecule has 0 saturated heterocycles. The Morgan fingerprint density at radius 3 is 1.62 bits per heavy atom. The van der Waals surface area contributed by atoms with Crippen molar-refractivity contribution in [3.05, 3.63) is 0 Å². The lowest BCUT2D eigenvalue weighted by molar-refractivity contribution is -0.868. The highest BCUT2D eigenvalue weighted by molar-refractivity contribution is 4.26. The van der Waals surface area contributed by atoms with Crippen LogP contribution in [0.1, 0.15) is 0 Å². The molecule has 0 heterocycles. The van der Waals surface area contributed by atoms with Gasteiger partial charge in [-0.15, -0.1) is 0 Å². The molecular weight excluding hydrogens is 168 g/mol. The molecule has 0 aromatic rings. The van der Waals surface area contributed by atoms with E-state index in [1.807, 2.05) is 0 Å². The second-order valence-electron chi connectivity index (χ2n) is 2.80. The molecule has 0 unspecified atom stereocenters. The fourth-order valence-corrected chi connectivity index (χ4v) is 0.387. The third-order valence-electron chi connectivity index (χ3n) is 0.800. The van der Waals surface area contributed by atoms with Crippen LogP contribution in [0.2, 0.25) is 0 Å². The minimum Gasteiger partial charge on any atom is -1.00 e. The molecule has 52 valence electrons. The molecule has 0 bridgehead atoms. The van der Waals surface area contributed by atoms with Gasteiger partial charge in [-0.2, -0.15) is 0 Å². The number of hydrogen-bond acceptors (Lipinski definition) is 1. The van der Waals surface area contributed by atoms with E-state index in [2.05, 4.69) is 21.1 Å². The largest absolute Gasteiger partial charge is 1.00 e. The maximum absolute atomic E-state index is 5.30. The monoisotopic (exact) mass is 182 g/mol. The van der Waals surface area contributed by atoms with Gasteiger partial charge in [0.2, 0.25) is 0 Å². The zero-order chi connectivity index (χ0) is 5.91. The average Bonchev–Trinajstić information content (AvgIpc) is 1.30. The summed E-state index contributed by atoms with van der Waals surface area (Å²) in [5, 5.41) is 0. The maximum atomic E-state index is 5.30. The van der Waals surface area contributed by atoms with Crippen LogP contribution < -0.4 is 22.7 Å². The van der Waals surface area contributed by atoms with E-state index in [-0.39, 0.29) is 17.0 Å². The van der Waals surface area contributed by atoms with Gasteiger partial charge in [0.25, 0.3) is 0 Å². The van der Waals surface area contributed by atoms with Crippen LogP contribution in [0.25, 0.3) is 0 Å². The van der Waals surface area contributed by atoms with Gasteiger partial charge in [-0.3, -0.25) is 0 Å². The summed E-state index contributed by atoms with van der Waals surface area (Å²) < 4.78 is 0.969. The Bertz CT molecular complexity index is 48.9. The van der Waals surface area contributed by atoms with E-state index in [0.717, 1.165) is 17.6 Å². The molecule has 0 aliphatic rings. The van der Waals surface area contributed by atoms with Crippen molar-refractivity contribution in [3.63, 3.8) is 0 Å². The molecule has 0 fully saturated rings. The summed E-state index contributed by atoms with van der Waals surface area (Å²) in [6, 6.07) is 0. The summed E-state index contributed by atoms with van der Waals surface area (Å²) in [5.41, 5.74) is 5.30. The average molecular weight is 183 g/mol. The minimum absolute atomic E-state index is 0. The molecule has 2 N–H and O–H groups in total. The fraction of sp³-hybridized carbons (Fsp3) is 1.00. The molecule has 0 aliphatic heterocycles. The van der Waals surface area contributed by atoms with E-state index in [1.165, 1.54) is 0 Å². The Hall–Kier alpha value is 0.400. The zero-order valence-electron chi connectivity index (χ0n) is 5.82. The lowest BCUT2D eigenvalue weighted by Gasteiger charge is -2.22. The third kappa shape index (κ3) is 9.64. The van der Waals surface area contributed by atoms with E-state index in [9.17, 15) is 0 Å². The van der Waals surface area contributed by atoms with Crippen LogP contribution in [0.15, 0.2) is 0 Å². The Morgan fingerprint density at radius 2 is 1.62 bits per heavy atom. The Balaban J connectivity index is 0. The second kappa shape index (κ2) is 4.30. The molecule has 0 rings (SSSR count). The lowest BCUT2D eigenvalue weighted by atomic mass is 10.5. The Labute approximate surface area is 62.0 Å². The van der Waals surface area contributed by atoms with E-state index in [1.54, 1.807) is 0 Å². The molecule has 0 aliphatic carbocycles. The van der Waals surface area contributed by atoms with Gasteiger partial charge in [-0.25, -0.2) is 0 Å². The van der Waals surface area contributed by atoms with Gasteiger partial charge in [0, 0.05) is 6.54 Å². The van der Waals surface area contributed by atoms with Crippen molar-refractivity contribution in [1.82, 2.24) is 0 Å². The van der Waals surface area contributed by atoms with Crippen LogP contribution in [-0.4, -0.2) is 38.7 Å². The number of nitrogens with two attached hydrogens (primary N) is 1. The lowest BCUT2D eigenvalue weighted by Crippen LogP contribution is -3.00. The third-order valence-corrected chi connectivity index (χ3v) is 0.800. The van der Waals surface area contributed by atoms with E-state index in [0.29, 0.717) is 0 Å². The number of rotatable bonds is 2. The van der Waals surface area contributed by atoms with Gasteiger partial charge in [0.1, 0.15) is 0 Å². The molecule has 3 heteroatoms. The van der Waals surface area contributed by atoms with Crippen molar-refractivity contribution in [3.8, 4) is 0 Å². The molecule has 0 aromatic carbocycles. The summed E-state index contributed by atoms with van der Waals surface area (Å²) >= 11 is 0. The Kier molecular flexibility index (Phi) is 6.03. The number of nitrogens with zero attached hydrogens (tertiary/aromatic N) is 1. The standard InChI is InChI=1S/C5H15N2.BrH/c1-7(2,3)5-4-6;/h4-6H2,1-3H3;1H/q+1;/p-1. The van der Waals surface area contributed by atoms with Crippen LogP contribution in [0.4, 0.5) is 0 Å². The van der Waals surface area contributed by atoms with Gasteiger partial charge < -0.3 is 27.2 Å². The summed E-state index contributed by atoms with van der Waals surface area (Å²) in [7, 11) is 6.40. The number of quaternary nitrogens is 1. The highest BCUT2D eigenvalue weighted by Crippen LogP contribution is 1.83. The summed E-state index contributed by atoms with van der Waals surface area (Å²) in [5.74, 6) is 0. The molecule has 0 radical (unpaired) electrons. The van der Waals surface area contributed by atoms with Crippen molar-refractivity contribution >= 4 is 0 Å². The maximum Gasteiger partial charge on any atom is 0.0905 e. The summed E-state index contributed by atoms with van der Waals surface area (Å²) in [6.45, 7) is 1.84. The Morgan fingerprint density at radius 1 is 1.25 bits per heavy atom. The first-order valence-electron chi connectivity index (χ1n) is 2.57. The van der Waals surface area contributed by atoms with E-state index < -0.39 is 0 Å². The highest BCUT2D eigenvalue weighted by atomic mass is 79.9. The van der Waals surface area contributed by atoms with Gasteiger partial charge >= 0.3 is 0 Å². The predicted octanol–water partition coefficient (Wildman–Crippen LogP) is -3.34. The minimum atomic E-state index is 0. The first-order valence-corrected chi connectivity index (χ1v) is 2.57. The zero-order valence-corrected chi connectivity index (χ0v) is 7.40. The van der Waals surface area contributed by atoms with E-state index in [4.69, 9.17) is 5.73 Å². The molecule has 0 saturated carbocycles. The smallest absolute Gasteiger partial charge is 0.0905 e. The first-order chi connectivity index (χ1) is 3.06. The van der Waals surface area contributed by atoms with Crippen LogP contribution >= 0.6 is 0 Å².